The Morgan fingerprint density at radius 1 is 0.767 bits per heavy atom. The van der Waals surface area contributed by atoms with Gasteiger partial charge in [0.15, 0.2) is 5.60 Å². The Labute approximate surface area is 174 Å². The van der Waals surface area contributed by atoms with Crippen molar-refractivity contribution in [2.24, 2.45) is 0 Å². The Balaban J connectivity index is 1.72. The van der Waals surface area contributed by atoms with E-state index in [2.05, 4.69) is 36.4 Å². The molecule has 30 heavy (non-hydrogen) atoms. The van der Waals surface area contributed by atoms with Crippen LogP contribution in [-0.2, 0) is 10.3 Å². The fourth-order valence-corrected chi connectivity index (χ4v) is 4.57. The van der Waals surface area contributed by atoms with Crippen LogP contribution in [0, 0.1) is 0 Å². The number of rotatable bonds is 2. The number of hydrogen-bond donors (Lipinski definition) is 0. The van der Waals surface area contributed by atoms with Gasteiger partial charge in [0, 0.05) is 27.6 Å². The van der Waals surface area contributed by atoms with Crippen LogP contribution in [0.3, 0.4) is 0 Å². The SMILES string of the molecule is O=C1OCC2=CC(c3ccccc3)(c3ccccc3)Oc3c2c1cc1ccccc31. The van der Waals surface area contributed by atoms with Gasteiger partial charge in [-0.2, -0.15) is 0 Å². The van der Waals surface area contributed by atoms with Crippen LogP contribution in [0.1, 0.15) is 27.0 Å². The topological polar surface area (TPSA) is 35.5 Å². The Hall–Kier alpha value is -3.85. The molecule has 0 saturated heterocycles. The van der Waals surface area contributed by atoms with Gasteiger partial charge in [0.05, 0.1) is 5.56 Å². The summed E-state index contributed by atoms with van der Waals surface area (Å²) in [6, 6.07) is 30.3. The lowest BCUT2D eigenvalue weighted by atomic mass is 9.79. The number of carbonyl (C=O) groups excluding carboxylic acids is 1. The van der Waals surface area contributed by atoms with E-state index in [9.17, 15) is 4.79 Å². The molecular weight excluding hydrogens is 372 g/mol. The highest BCUT2D eigenvalue weighted by Crippen LogP contribution is 2.50. The van der Waals surface area contributed by atoms with Gasteiger partial charge >= 0.3 is 5.97 Å². The molecule has 4 aromatic rings. The third kappa shape index (κ3) is 2.35. The number of benzene rings is 4. The van der Waals surface area contributed by atoms with Crippen LogP contribution < -0.4 is 4.74 Å². The number of cyclic esters (lactones) is 1. The van der Waals surface area contributed by atoms with Crippen molar-refractivity contribution in [2.75, 3.05) is 6.61 Å². The van der Waals surface area contributed by atoms with E-state index in [1.165, 1.54) is 0 Å². The van der Waals surface area contributed by atoms with Gasteiger partial charge in [-0.05, 0) is 17.5 Å². The first-order chi connectivity index (χ1) is 14.8. The van der Waals surface area contributed by atoms with Crippen LogP contribution in [0.2, 0.25) is 0 Å². The quantitative estimate of drug-likeness (QED) is 0.410. The molecule has 3 heteroatoms. The predicted octanol–water partition coefficient (Wildman–Crippen LogP) is 5.73. The molecule has 4 aromatic carbocycles. The standard InChI is InChI=1S/C27H18O3/c28-26-23-15-18-9-7-8-14-22(18)25-24(23)19(17-29-26)16-27(30-25,20-10-3-1-4-11-20)21-12-5-2-6-13-21/h1-16H,17H2. The first kappa shape index (κ1) is 17.0. The van der Waals surface area contributed by atoms with Crippen molar-refractivity contribution < 1.29 is 14.3 Å². The Kier molecular flexibility index (Phi) is 3.59. The van der Waals surface area contributed by atoms with Gasteiger partial charge in [0.2, 0.25) is 0 Å². The zero-order valence-corrected chi connectivity index (χ0v) is 16.2. The summed E-state index contributed by atoms with van der Waals surface area (Å²) in [6.07, 6.45) is 2.12. The molecule has 2 aliphatic rings. The number of carbonyl (C=O) groups is 1. The smallest absolute Gasteiger partial charge is 0.339 e. The van der Waals surface area contributed by atoms with Crippen LogP contribution in [0.25, 0.3) is 16.3 Å². The Bertz CT molecular complexity index is 1280. The summed E-state index contributed by atoms with van der Waals surface area (Å²) in [4.78, 5) is 12.6. The van der Waals surface area contributed by atoms with E-state index in [1.807, 2.05) is 60.7 Å². The molecule has 0 atom stereocenters. The maximum absolute atomic E-state index is 12.6. The van der Waals surface area contributed by atoms with E-state index >= 15 is 0 Å². The van der Waals surface area contributed by atoms with Gasteiger partial charge < -0.3 is 9.47 Å². The first-order valence-corrected chi connectivity index (χ1v) is 10.0. The first-order valence-electron chi connectivity index (χ1n) is 10.0. The van der Waals surface area contributed by atoms with Gasteiger partial charge in [-0.1, -0.05) is 84.9 Å². The molecule has 144 valence electrons. The summed E-state index contributed by atoms with van der Waals surface area (Å²) in [6.45, 7) is 0.238. The largest absolute Gasteiger partial charge is 0.472 e. The molecule has 3 nitrogen and oxygen atoms in total. The molecule has 0 unspecified atom stereocenters. The minimum atomic E-state index is -0.810. The van der Waals surface area contributed by atoms with Crippen LogP contribution >= 0.6 is 0 Å². The number of ether oxygens (including phenoxy) is 2. The van der Waals surface area contributed by atoms with Gasteiger partial charge in [0.25, 0.3) is 0 Å². The summed E-state index contributed by atoms with van der Waals surface area (Å²) in [5.74, 6) is 0.439. The molecule has 0 aliphatic carbocycles. The second kappa shape index (κ2) is 6.33. The van der Waals surface area contributed by atoms with Crippen molar-refractivity contribution in [1.29, 1.82) is 0 Å². The van der Waals surface area contributed by atoms with Crippen LogP contribution in [0.4, 0.5) is 0 Å². The molecule has 0 aromatic heterocycles. The van der Waals surface area contributed by atoms with Crippen LogP contribution in [0.15, 0.2) is 97.1 Å². The highest BCUT2D eigenvalue weighted by Gasteiger charge is 2.42. The molecule has 2 aliphatic heterocycles. The third-order valence-electron chi connectivity index (χ3n) is 5.95. The summed E-state index contributed by atoms with van der Waals surface area (Å²) >= 11 is 0. The second-order valence-corrected chi connectivity index (χ2v) is 7.66. The van der Waals surface area contributed by atoms with Gasteiger partial charge in [0.1, 0.15) is 12.4 Å². The summed E-state index contributed by atoms with van der Waals surface area (Å²) in [7, 11) is 0. The average molecular weight is 390 g/mol. The highest BCUT2D eigenvalue weighted by atomic mass is 16.5. The maximum atomic E-state index is 12.6. The van der Waals surface area contributed by atoms with Crippen LogP contribution in [0.5, 0.6) is 5.75 Å². The van der Waals surface area contributed by atoms with Crippen molar-refractivity contribution in [2.45, 2.75) is 5.60 Å². The van der Waals surface area contributed by atoms with Crippen molar-refractivity contribution in [3.63, 3.8) is 0 Å². The molecule has 6 rings (SSSR count). The van der Waals surface area contributed by atoms with Gasteiger partial charge in [-0.15, -0.1) is 0 Å². The summed E-state index contributed by atoms with van der Waals surface area (Å²) in [5, 5.41) is 1.95. The molecule has 2 heterocycles. The monoisotopic (exact) mass is 390 g/mol. The normalized spacial score (nSPS) is 16.3. The Morgan fingerprint density at radius 2 is 1.40 bits per heavy atom. The lowest BCUT2D eigenvalue weighted by Crippen LogP contribution is -2.37. The second-order valence-electron chi connectivity index (χ2n) is 7.66. The van der Waals surface area contributed by atoms with E-state index in [0.29, 0.717) is 5.56 Å². The van der Waals surface area contributed by atoms with E-state index < -0.39 is 5.60 Å². The molecular formula is C27H18O3. The molecule has 0 N–H and O–H groups in total. The minimum Gasteiger partial charge on any atom is -0.472 e. The average Bonchev–Trinajstić information content (AvgIpc) is 2.82. The van der Waals surface area contributed by atoms with E-state index in [0.717, 1.165) is 38.8 Å². The molecule has 0 spiro atoms. The lowest BCUT2D eigenvalue weighted by Gasteiger charge is -2.40. The summed E-state index contributed by atoms with van der Waals surface area (Å²) < 4.78 is 12.5. The van der Waals surface area contributed by atoms with Crippen molar-refractivity contribution in [1.82, 2.24) is 0 Å². The van der Waals surface area contributed by atoms with Gasteiger partial charge in [-0.3, -0.25) is 0 Å². The molecule has 0 amide bonds. The molecule has 0 radical (unpaired) electrons. The highest BCUT2D eigenvalue weighted by molar-refractivity contribution is 6.07. The zero-order valence-electron chi connectivity index (χ0n) is 16.2. The van der Waals surface area contributed by atoms with Crippen LogP contribution in [-0.4, -0.2) is 12.6 Å². The van der Waals surface area contributed by atoms with Crippen molar-refractivity contribution in [3.05, 3.63) is 119 Å². The fraction of sp³-hybridized carbons (Fsp3) is 0.0741. The van der Waals surface area contributed by atoms with E-state index in [4.69, 9.17) is 9.47 Å². The third-order valence-corrected chi connectivity index (χ3v) is 5.95. The zero-order chi connectivity index (χ0) is 20.1. The fourth-order valence-electron chi connectivity index (χ4n) is 4.57. The Morgan fingerprint density at radius 3 is 2.10 bits per heavy atom. The maximum Gasteiger partial charge on any atom is 0.339 e. The van der Waals surface area contributed by atoms with Gasteiger partial charge in [-0.25, -0.2) is 4.79 Å². The predicted molar refractivity (Wildman–Crippen MR) is 116 cm³/mol. The molecule has 0 saturated carbocycles. The van der Waals surface area contributed by atoms with E-state index in [-0.39, 0.29) is 12.6 Å². The van der Waals surface area contributed by atoms with E-state index in [1.54, 1.807) is 0 Å². The molecule has 0 fully saturated rings. The number of hydrogen-bond acceptors (Lipinski definition) is 3. The summed E-state index contributed by atoms with van der Waals surface area (Å²) in [5.41, 5.74) is 3.64. The number of fused-ring (bicyclic) bond motifs is 2. The number of esters is 1. The molecule has 0 bridgehead atoms. The lowest BCUT2D eigenvalue weighted by molar-refractivity contribution is 0.0534. The minimum absolute atomic E-state index is 0.238. The van der Waals surface area contributed by atoms with Crippen molar-refractivity contribution >= 4 is 22.3 Å². The van der Waals surface area contributed by atoms with Crippen molar-refractivity contribution in [3.8, 4) is 5.75 Å².